The van der Waals surface area contributed by atoms with Crippen LogP contribution in [0.5, 0.6) is 5.75 Å². The van der Waals surface area contributed by atoms with Crippen molar-refractivity contribution in [3.05, 3.63) is 24.3 Å². The Morgan fingerprint density at radius 2 is 2.28 bits per heavy atom. The molecule has 3 N–H and O–H groups in total. The van der Waals surface area contributed by atoms with Crippen LogP contribution >= 0.6 is 0 Å². The first kappa shape index (κ1) is 12.7. The van der Waals surface area contributed by atoms with Gasteiger partial charge in [-0.2, -0.15) is 0 Å². The van der Waals surface area contributed by atoms with Gasteiger partial charge in [-0.15, -0.1) is 0 Å². The van der Waals surface area contributed by atoms with E-state index in [2.05, 4.69) is 16.0 Å². The Morgan fingerprint density at radius 3 is 3.00 bits per heavy atom. The van der Waals surface area contributed by atoms with E-state index in [1.54, 1.807) is 7.11 Å². The fourth-order valence-electron chi connectivity index (χ4n) is 2.07. The third-order valence-corrected chi connectivity index (χ3v) is 2.99. The van der Waals surface area contributed by atoms with Gasteiger partial charge in [-0.1, -0.05) is 12.1 Å². The molecule has 1 heterocycles. The predicted octanol–water partition coefficient (Wildman–Crippen LogP) is 1.57. The SMILES string of the molecule is COc1ccccc1NC(=O)NC1CCCNC1. The fourth-order valence-corrected chi connectivity index (χ4v) is 2.07. The van der Waals surface area contributed by atoms with Crippen LogP contribution < -0.4 is 20.7 Å². The molecule has 2 amide bonds. The summed E-state index contributed by atoms with van der Waals surface area (Å²) in [6.45, 7) is 1.87. The van der Waals surface area contributed by atoms with Crippen molar-refractivity contribution in [3.8, 4) is 5.75 Å². The van der Waals surface area contributed by atoms with E-state index in [0.717, 1.165) is 25.9 Å². The average Bonchev–Trinajstić information content (AvgIpc) is 2.40. The van der Waals surface area contributed by atoms with Gasteiger partial charge in [-0.05, 0) is 31.5 Å². The molecule has 1 atom stereocenters. The second kappa shape index (κ2) is 6.26. The molecule has 2 rings (SSSR count). The van der Waals surface area contributed by atoms with Crippen molar-refractivity contribution in [2.45, 2.75) is 18.9 Å². The molecule has 98 valence electrons. The van der Waals surface area contributed by atoms with E-state index in [9.17, 15) is 4.79 Å². The topological polar surface area (TPSA) is 62.4 Å². The quantitative estimate of drug-likeness (QED) is 0.762. The first-order valence-corrected chi connectivity index (χ1v) is 6.21. The maximum atomic E-state index is 11.8. The minimum Gasteiger partial charge on any atom is -0.495 e. The normalized spacial score (nSPS) is 19.1. The fraction of sp³-hybridized carbons (Fsp3) is 0.462. The highest BCUT2D eigenvalue weighted by Gasteiger charge is 2.15. The Balaban J connectivity index is 1.90. The van der Waals surface area contributed by atoms with Crippen molar-refractivity contribution in [2.24, 2.45) is 0 Å². The van der Waals surface area contributed by atoms with E-state index >= 15 is 0 Å². The zero-order chi connectivity index (χ0) is 12.8. The zero-order valence-electron chi connectivity index (χ0n) is 10.5. The van der Waals surface area contributed by atoms with Gasteiger partial charge in [0.15, 0.2) is 0 Å². The number of hydrogen-bond acceptors (Lipinski definition) is 3. The van der Waals surface area contributed by atoms with Crippen LogP contribution in [0.15, 0.2) is 24.3 Å². The van der Waals surface area contributed by atoms with Gasteiger partial charge in [-0.25, -0.2) is 4.79 Å². The number of nitrogens with one attached hydrogen (secondary N) is 3. The number of ether oxygens (including phenoxy) is 1. The number of methoxy groups -OCH3 is 1. The minimum absolute atomic E-state index is 0.187. The van der Waals surface area contributed by atoms with Gasteiger partial charge in [0.1, 0.15) is 5.75 Å². The number of anilines is 1. The van der Waals surface area contributed by atoms with Crippen LogP contribution in [0, 0.1) is 0 Å². The van der Waals surface area contributed by atoms with Gasteiger partial charge in [0.05, 0.1) is 12.8 Å². The molecule has 0 aromatic heterocycles. The Kier molecular flexibility index (Phi) is 4.41. The monoisotopic (exact) mass is 249 g/mol. The van der Waals surface area contributed by atoms with Gasteiger partial charge < -0.3 is 20.7 Å². The van der Waals surface area contributed by atoms with Crippen LogP contribution in [0.3, 0.4) is 0 Å². The summed E-state index contributed by atoms with van der Waals surface area (Å²) in [6.07, 6.45) is 2.12. The summed E-state index contributed by atoms with van der Waals surface area (Å²) in [7, 11) is 1.59. The van der Waals surface area contributed by atoms with Crippen LogP contribution in [0.25, 0.3) is 0 Å². The molecule has 1 aliphatic rings. The molecule has 0 aliphatic carbocycles. The first-order valence-electron chi connectivity index (χ1n) is 6.21. The third-order valence-electron chi connectivity index (χ3n) is 2.99. The van der Waals surface area contributed by atoms with Crippen molar-refractivity contribution < 1.29 is 9.53 Å². The Labute approximate surface area is 107 Å². The number of hydrogen-bond donors (Lipinski definition) is 3. The maximum Gasteiger partial charge on any atom is 0.319 e. The lowest BCUT2D eigenvalue weighted by Crippen LogP contribution is -2.47. The number of rotatable bonds is 3. The molecule has 1 fully saturated rings. The van der Waals surface area contributed by atoms with Crippen molar-refractivity contribution in [1.29, 1.82) is 0 Å². The summed E-state index contributed by atoms with van der Waals surface area (Å²) in [5, 5.41) is 9.02. The maximum absolute atomic E-state index is 11.8. The molecular formula is C13H19N3O2. The van der Waals surface area contributed by atoms with Crippen molar-refractivity contribution in [3.63, 3.8) is 0 Å². The molecule has 0 radical (unpaired) electrons. The molecule has 5 heteroatoms. The molecule has 1 unspecified atom stereocenters. The summed E-state index contributed by atoms with van der Waals surface area (Å²) >= 11 is 0. The molecule has 0 bridgehead atoms. The average molecular weight is 249 g/mol. The van der Waals surface area contributed by atoms with Gasteiger partial charge in [0.2, 0.25) is 0 Å². The lowest BCUT2D eigenvalue weighted by Gasteiger charge is -2.24. The van der Waals surface area contributed by atoms with E-state index in [-0.39, 0.29) is 12.1 Å². The number of urea groups is 1. The summed E-state index contributed by atoms with van der Waals surface area (Å²) in [5.74, 6) is 0.661. The highest BCUT2D eigenvalue weighted by atomic mass is 16.5. The van der Waals surface area contributed by atoms with Gasteiger partial charge in [0, 0.05) is 12.6 Å². The Bertz CT molecular complexity index is 403. The lowest BCUT2D eigenvalue weighted by atomic mass is 10.1. The van der Waals surface area contributed by atoms with E-state index < -0.39 is 0 Å². The summed E-state index contributed by atoms with van der Waals surface area (Å²) in [5.41, 5.74) is 0.682. The smallest absolute Gasteiger partial charge is 0.319 e. The molecule has 1 aliphatic heterocycles. The second-order valence-corrected chi connectivity index (χ2v) is 4.34. The van der Waals surface area contributed by atoms with E-state index in [0.29, 0.717) is 11.4 Å². The van der Waals surface area contributed by atoms with Crippen LogP contribution in [0.4, 0.5) is 10.5 Å². The van der Waals surface area contributed by atoms with Crippen LogP contribution in [-0.4, -0.2) is 32.3 Å². The molecule has 1 aromatic carbocycles. The number of carbonyl (C=O) groups excluding carboxylic acids is 1. The molecule has 18 heavy (non-hydrogen) atoms. The highest BCUT2D eigenvalue weighted by molar-refractivity contribution is 5.91. The van der Waals surface area contributed by atoms with Gasteiger partial charge in [-0.3, -0.25) is 0 Å². The van der Waals surface area contributed by atoms with Crippen LogP contribution in [-0.2, 0) is 0 Å². The number of carbonyl (C=O) groups is 1. The number of benzene rings is 1. The van der Waals surface area contributed by atoms with Gasteiger partial charge in [0.25, 0.3) is 0 Å². The molecule has 0 saturated carbocycles. The lowest BCUT2D eigenvalue weighted by molar-refractivity contribution is 0.245. The Hall–Kier alpha value is -1.75. The van der Waals surface area contributed by atoms with Crippen LogP contribution in [0.2, 0.25) is 0 Å². The van der Waals surface area contributed by atoms with Crippen molar-refractivity contribution >= 4 is 11.7 Å². The standard InChI is InChI=1S/C13H19N3O2/c1-18-12-7-3-2-6-11(12)16-13(17)15-10-5-4-8-14-9-10/h2-3,6-7,10,14H,4-5,8-9H2,1H3,(H2,15,16,17). The summed E-state index contributed by atoms with van der Waals surface area (Å²) in [6, 6.07) is 7.38. The van der Waals surface area contributed by atoms with Crippen molar-refractivity contribution in [1.82, 2.24) is 10.6 Å². The zero-order valence-corrected chi connectivity index (χ0v) is 10.5. The summed E-state index contributed by atoms with van der Waals surface area (Å²) < 4.78 is 5.18. The third kappa shape index (κ3) is 3.37. The highest BCUT2D eigenvalue weighted by Crippen LogP contribution is 2.22. The minimum atomic E-state index is -0.187. The number of amides is 2. The van der Waals surface area contributed by atoms with E-state index in [1.807, 2.05) is 24.3 Å². The second-order valence-electron chi connectivity index (χ2n) is 4.34. The molecule has 1 saturated heterocycles. The largest absolute Gasteiger partial charge is 0.495 e. The number of piperidine rings is 1. The molecular weight excluding hydrogens is 230 g/mol. The van der Waals surface area contributed by atoms with Gasteiger partial charge >= 0.3 is 6.03 Å². The first-order chi connectivity index (χ1) is 8.79. The summed E-state index contributed by atoms with van der Waals surface area (Å²) in [4.78, 5) is 11.8. The van der Waals surface area contributed by atoms with Crippen LogP contribution in [0.1, 0.15) is 12.8 Å². The molecule has 5 nitrogen and oxygen atoms in total. The number of para-hydroxylation sites is 2. The van der Waals surface area contributed by atoms with E-state index in [1.165, 1.54) is 0 Å². The van der Waals surface area contributed by atoms with E-state index in [4.69, 9.17) is 4.74 Å². The van der Waals surface area contributed by atoms with Crippen molar-refractivity contribution in [2.75, 3.05) is 25.5 Å². The Morgan fingerprint density at radius 1 is 1.44 bits per heavy atom. The predicted molar refractivity (Wildman–Crippen MR) is 71.0 cm³/mol. The molecule has 0 spiro atoms. The molecule has 1 aromatic rings.